The summed E-state index contributed by atoms with van der Waals surface area (Å²) in [5, 5.41) is 24.2. The molecule has 0 bridgehead atoms. The highest BCUT2D eigenvalue weighted by Gasteiger charge is 2.32. The summed E-state index contributed by atoms with van der Waals surface area (Å²) >= 11 is 0. The number of nitrogens with one attached hydrogen (secondary N) is 3. The van der Waals surface area contributed by atoms with Crippen molar-refractivity contribution in [3.63, 3.8) is 0 Å². The van der Waals surface area contributed by atoms with Gasteiger partial charge in [-0.05, 0) is 26.8 Å². The third-order valence-corrected chi connectivity index (χ3v) is 4.88. The lowest BCUT2D eigenvalue weighted by Gasteiger charge is -2.34. The van der Waals surface area contributed by atoms with E-state index in [9.17, 15) is 19.7 Å². The predicted octanol–water partition coefficient (Wildman–Crippen LogP) is 1.86. The van der Waals surface area contributed by atoms with E-state index >= 15 is 0 Å². The Balaban J connectivity index is 1.86. The molecule has 10 nitrogen and oxygen atoms in total. The van der Waals surface area contributed by atoms with Crippen LogP contribution in [0.3, 0.4) is 0 Å². The van der Waals surface area contributed by atoms with Crippen LogP contribution in [0.2, 0.25) is 0 Å². The van der Waals surface area contributed by atoms with Crippen molar-refractivity contribution < 1.29 is 14.5 Å². The average molecular weight is 386 g/mol. The minimum atomic E-state index is -0.616. The molecule has 0 aliphatic carbocycles. The van der Waals surface area contributed by atoms with E-state index in [1.165, 1.54) is 22.9 Å². The monoisotopic (exact) mass is 386 g/mol. The summed E-state index contributed by atoms with van der Waals surface area (Å²) in [5.74, 6) is -0.451. The van der Waals surface area contributed by atoms with Crippen molar-refractivity contribution in [3.05, 3.63) is 51.2 Å². The van der Waals surface area contributed by atoms with Crippen LogP contribution in [-0.4, -0.2) is 32.6 Å². The number of hydrogen-bond donors (Lipinski definition) is 3. The molecule has 0 saturated carbocycles. The van der Waals surface area contributed by atoms with Crippen molar-refractivity contribution in [1.82, 2.24) is 20.4 Å². The van der Waals surface area contributed by atoms with Crippen LogP contribution in [0.1, 0.15) is 41.8 Å². The molecule has 148 valence electrons. The number of rotatable bonds is 4. The lowest BCUT2D eigenvalue weighted by Crippen LogP contribution is -2.57. The molecular formula is C18H22N6O4. The first-order chi connectivity index (χ1) is 13.2. The minimum absolute atomic E-state index is 0.0773. The van der Waals surface area contributed by atoms with Crippen LogP contribution in [0.4, 0.5) is 11.5 Å². The van der Waals surface area contributed by atoms with Crippen molar-refractivity contribution in [1.29, 1.82) is 0 Å². The van der Waals surface area contributed by atoms with Crippen molar-refractivity contribution in [2.75, 3.05) is 5.32 Å². The molecule has 3 N–H and O–H groups in total. The number of nitrogens with zero attached hydrogens (tertiary/aromatic N) is 3. The van der Waals surface area contributed by atoms with E-state index in [1.54, 1.807) is 19.9 Å². The maximum Gasteiger partial charge on any atom is 0.273 e. The van der Waals surface area contributed by atoms with Gasteiger partial charge in [0.05, 0.1) is 16.5 Å². The second-order valence-corrected chi connectivity index (χ2v) is 6.98. The van der Waals surface area contributed by atoms with E-state index in [4.69, 9.17) is 0 Å². The van der Waals surface area contributed by atoms with Gasteiger partial charge in [0.15, 0.2) is 6.29 Å². The maximum atomic E-state index is 12.6. The smallest absolute Gasteiger partial charge is 0.273 e. The Kier molecular flexibility index (Phi) is 5.14. The first-order valence-corrected chi connectivity index (χ1v) is 8.86. The zero-order valence-corrected chi connectivity index (χ0v) is 16.0. The van der Waals surface area contributed by atoms with Gasteiger partial charge in [-0.1, -0.05) is 13.0 Å². The summed E-state index contributed by atoms with van der Waals surface area (Å²) in [4.78, 5) is 35.4. The van der Waals surface area contributed by atoms with E-state index in [2.05, 4.69) is 21.0 Å². The Morgan fingerprint density at radius 3 is 2.64 bits per heavy atom. The van der Waals surface area contributed by atoms with Gasteiger partial charge in [-0.15, -0.1) is 0 Å². The molecule has 10 heteroatoms. The number of benzene rings is 1. The topological polar surface area (TPSA) is 131 Å². The standard InChI is InChI=1S/C18H22N6O4/c1-9-5-6-13(8-14(9)24(27)28)17(26)20-15-7-10(2)22-23(15)18-19-12(4)11(3)16(25)21-18/h5-8,11-12,18-19H,1-4H3,(H,20,26)(H,21,25). The SMILES string of the molecule is Cc1cc(NC(=O)c2ccc(C)c([N+](=O)[O-])c2)n(C2NC(=O)C(C)C(C)N2)n1. The highest BCUT2D eigenvalue weighted by molar-refractivity contribution is 6.04. The zero-order chi connectivity index (χ0) is 20.6. The Hall–Kier alpha value is -3.27. The molecule has 3 rings (SSSR count). The van der Waals surface area contributed by atoms with Crippen LogP contribution in [0, 0.1) is 29.9 Å². The average Bonchev–Trinajstić information content (AvgIpc) is 2.99. The molecule has 1 fully saturated rings. The van der Waals surface area contributed by atoms with Crippen LogP contribution in [0.5, 0.6) is 0 Å². The molecule has 2 heterocycles. The van der Waals surface area contributed by atoms with Crippen LogP contribution < -0.4 is 16.0 Å². The molecular weight excluding hydrogens is 364 g/mol. The summed E-state index contributed by atoms with van der Waals surface area (Å²) < 4.78 is 1.48. The molecule has 1 aromatic carbocycles. The molecule has 1 saturated heterocycles. The molecule has 0 spiro atoms. The van der Waals surface area contributed by atoms with Crippen molar-refractivity contribution >= 4 is 23.3 Å². The molecule has 2 amide bonds. The molecule has 3 atom stereocenters. The Morgan fingerprint density at radius 2 is 2.00 bits per heavy atom. The fourth-order valence-corrected chi connectivity index (χ4v) is 3.00. The maximum absolute atomic E-state index is 12.6. The first kappa shape index (κ1) is 19.5. The third kappa shape index (κ3) is 3.72. The van der Waals surface area contributed by atoms with Gasteiger partial charge in [0.2, 0.25) is 5.91 Å². The lowest BCUT2D eigenvalue weighted by atomic mass is 10.0. The van der Waals surface area contributed by atoms with Gasteiger partial charge in [-0.2, -0.15) is 5.10 Å². The highest BCUT2D eigenvalue weighted by atomic mass is 16.6. The zero-order valence-electron chi connectivity index (χ0n) is 16.0. The summed E-state index contributed by atoms with van der Waals surface area (Å²) in [6, 6.07) is 5.88. The number of aryl methyl sites for hydroxylation is 2. The van der Waals surface area contributed by atoms with Gasteiger partial charge in [0, 0.05) is 29.3 Å². The van der Waals surface area contributed by atoms with E-state index in [1.807, 2.05) is 13.8 Å². The number of carbonyl (C=O) groups is 2. The van der Waals surface area contributed by atoms with Gasteiger partial charge in [0.1, 0.15) is 5.82 Å². The summed E-state index contributed by atoms with van der Waals surface area (Å²) in [5.41, 5.74) is 1.15. The summed E-state index contributed by atoms with van der Waals surface area (Å²) in [6.07, 6.45) is -0.616. The highest BCUT2D eigenvalue weighted by Crippen LogP contribution is 2.22. The molecule has 3 unspecified atom stereocenters. The Labute approximate surface area is 161 Å². The van der Waals surface area contributed by atoms with Gasteiger partial charge in [-0.25, -0.2) is 4.68 Å². The number of nitro benzene ring substituents is 1. The fourth-order valence-electron chi connectivity index (χ4n) is 3.00. The van der Waals surface area contributed by atoms with Gasteiger partial charge in [-0.3, -0.25) is 25.0 Å². The predicted molar refractivity (Wildman–Crippen MR) is 102 cm³/mol. The van der Waals surface area contributed by atoms with Crippen LogP contribution in [-0.2, 0) is 4.79 Å². The normalized spacial score (nSPS) is 21.9. The number of anilines is 1. The fraction of sp³-hybridized carbons (Fsp3) is 0.389. The minimum Gasteiger partial charge on any atom is -0.322 e. The van der Waals surface area contributed by atoms with E-state index < -0.39 is 17.1 Å². The van der Waals surface area contributed by atoms with Crippen LogP contribution in [0.15, 0.2) is 24.3 Å². The second-order valence-electron chi connectivity index (χ2n) is 6.98. The van der Waals surface area contributed by atoms with Gasteiger partial charge in [0.25, 0.3) is 11.6 Å². The first-order valence-electron chi connectivity index (χ1n) is 8.86. The number of nitro groups is 1. The summed E-state index contributed by atoms with van der Waals surface area (Å²) in [6.45, 7) is 7.10. The van der Waals surface area contributed by atoms with Crippen LogP contribution in [0.25, 0.3) is 0 Å². The van der Waals surface area contributed by atoms with Crippen molar-refractivity contribution in [3.8, 4) is 0 Å². The Bertz CT molecular complexity index is 954. The molecule has 1 aromatic heterocycles. The van der Waals surface area contributed by atoms with Crippen LogP contribution >= 0.6 is 0 Å². The van der Waals surface area contributed by atoms with Crippen molar-refractivity contribution in [2.24, 2.45) is 5.92 Å². The Morgan fingerprint density at radius 1 is 1.29 bits per heavy atom. The number of carbonyl (C=O) groups excluding carboxylic acids is 2. The number of hydrogen-bond acceptors (Lipinski definition) is 6. The van der Waals surface area contributed by atoms with E-state index in [-0.39, 0.29) is 29.1 Å². The molecule has 1 aliphatic rings. The molecule has 28 heavy (non-hydrogen) atoms. The quantitative estimate of drug-likeness (QED) is 0.543. The number of amides is 2. The van der Waals surface area contributed by atoms with Gasteiger partial charge < -0.3 is 10.6 Å². The van der Waals surface area contributed by atoms with E-state index in [0.29, 0.717) is 17.1 Å². The third-order valence-electron chi connectivity index (χ3n) is 4.88. The van der Waals surface area contributed by atoms with Crippen molar-refractivity contribution in [2.45, 2.75) is 40.0 Å². The lowest BCUT2D eigenvalue weighted by molar-refractivity contribution is -0.385. The second kappa shape index (κ2) is 7.39. The molecule has 1 aliphatic heterocycles. The molecule has 2 aromatic rings. The van der Waals surface area contributed by atoms with Gasteiger partial charge >= 0.3 is 0 Å². The number of aromatic nitrogens is 2. The molecule has 0 radical (unpaired) electrons. The summed E-state index contributed by atoms with van der Waals surface area (Å²) in [7, 11) is 0. The largest absolute Gasteiger partial charge is 0.322 e. The van der Waals surface area contributed by atoms with E-state index in [0.717, 1.165) is 0 Å².